The molecule has 4 aliphatic carbocycles. The lowest BCUT2D eigenvalue weighted by molar-refractivity contribution is -0.155. The van der Waals surface area contributed by atoms with E-state index in [0.717, 1.165) is 21.9 Å². The smallest absolute Gasteiger partial charge is 0.0846 e. The Morgan fingerprint density at radius 2 is 1.70 bits per heavy atom. The van der Waals surface area contributed by atoms with Crippen molar-refractivity contribution in [1.29, 1.82) is 0 Å². The average Bonchev–Trinajstić information content (AvgIpc) is 2.36. The Bertz CT molecular complexity index is 507. The van der Waals surface area contributed by atoms with E-state index in [9.17, 15) is 5.11 Å². The molecule has 0 heterocycles. The summed E-state index contributed by atoms with van der Waals surface area (Å²) < 4.78 is 1.09. The van der Waals surface area contributed by atoms with Gasteiger partial charge in [0, 0.05) is 9.89 Å². The van der Waals surface area contributed by atoms with Gasteiger partial charge < -0.3 is 5.11 Å². The summed E-state index contributed by atoms with van der Waals surface area (Å²) in [6.45, 7) is 2.47. The van der Waals surface area contributed by atoms with E-state index in [1.807, 2.05) is 0 Å². The predicted molar refractivity (Wildman–Crippen MR) is 84.3 cm³/mol. The van der Waals surface area contributed by atoms with Crippen LogP contribution in [0.3, 0.4) is 0 Å². The summed E-state index contributed by atoms with van der Waals surface area (Å²) in [5.41, 5.74) is 1.77. The van der Waals surface area contributed by atoms with Crippen molar-refractivity contribution in [3.8, 4) is 0 Å². The summed E-state index contributed by atoms with van der Waals surface area (Å²) in [5, 5.41) is 11.1. The largest absolute Gasteiger partial charge is 0.388 e. The highest BCUT2D eigenvalue weighted by Crippen LogP contribution is 2.68. The van der Waals surface area contributed by atoms with Gasteiger partial charge in [0.2, 0.25) is 0 Å². The third-order valence-electron chi connectivity index (χ3n) is 6.16. The molecule has 1 aromatic carbocycles. The van der Waals surface area contributed by atoms with E-state index in [1.165, 1.54) is 38.5 Å². The number of hydrogen-bond donors (Lipinski definition) is 1. The molecular formula is C18H23BrO. The van der Waals surface area contributed by atoms with Gasteiger partial charge in [-0.3, -0.25) is 0 Å². The molecule has 20 heavy (non-hydrogen) atoms. The summed E-state index contributed by atoms with van der Waals surface area (Å²) in [5.74, 6) is 1.73. The zero-order chi connectivity index (χ0) is 14.0. The van der Waals surface area contributed by atoms with Gasteiger partial charge in [-0.2, -0.15) is 0 Å². The number of halogens is 1. The Balaban J connectivity index is 1.68. The molecule has 4 bridgehead atoms. The van der Waals surface area contributed by atoms with Crippen LogP contribution in [-0.2, 0) is 0 Å². The predicted octanol–water partition coefficient (Wildman–Crippen LogP) is 5.09. The Labute approximate surface area is 129 Å². The van der Waals surface area contributed by atoms with Gasteiger partial charge in [0.25, 0.3) is 0 Å². The van der Waals surface area contributed by atoms with Crippen LogP contribution in [0.25, 0.3) is 0 Å². The maximum Gasteiger partial charge on any atom is 0.0846 e. The highest BCUT2D eigenvalue weighted by molar-refractivity contribution is 9.10. The van der Waals surface area contributed by atoms with Gasteiger partial charge >= 0.3 is 0 Å². The molecule has 108 valence electrons. The monoisotopic (exact) mass is 334 g/mol. The van der Waals surface area contributed by atoms with Crippen molar-refractivity contribution in [2.75, 3.05) is 0 Å². The van der Waals surface area contributed by atoms with Gasteiger partial charge in [0.1, 0.15) is 0 Å². The average molecular weight is 335 g/mol. The topological polar surface area (TPSA) is 20.2 Å². The highest BCUT2D eigenvalue weighted by Gasteiger charge is 2.58. The number of benzene rings is 1. The standard InChI is InChI=1S/C18H23BrO/c1-17-7-12-6-13(8-17)10-18(9-12,11-17)16(20)14-2-4-15(19)5-3-14/h2-5,12-13,16,20H,6-11H2,1H3. The maximum atomic E-state index is 11.1. The van der Waals surface area contributed by atoms with Crippen LogP contribution in [0.15, 0.2) is 28.7 Å². The van der Waals surface area contributed by atoms with Crippen LogP contribution >= 0.6 is 15.9 Å². The van der Waals surface area contributed by atoms with Crippen molar-refractivity contribution in [1.82, 2.24) is 0 Å². The van der Waals surface area contributed by atoms with Crippen LogP contribution in [0.1, 0.15) is 57.1 Å². The molecule has 3 unspecified atom stereocenters. The van der Waals surface area contributed by atoms with E-state index in [2.05, 4.69) is 47.1 Å². The molecule has 1 nitrogen and oxygen atoms in total. The van der Waals surface area contributed by atoms with E-state index in [-0.39, 0.29) is 11.5 Å². The summed E-state index contributed by atoms with van der Waals surface area (Å²) in [6, 6.07) is 8.30. The molecule has 4 fully saturated rings. The van der Waals surface area contributed by atoms with Crippen LogP contribution in [0.4, 0.5) is 0 Å². The Morgan fingerprint density at radius 3 is 2.25 bits per heavy atom. The first-order valence-electron chi connectivity index (χ1n) is 7.92. The molecule has 0 saturated heterocycles. The van der Waals surface area contributed by atoms with Crippen molar-refractivity contribution in [3.63, 3.8) is 0 Å². The quantitative estimate of drug-likeness (QED) is 0.798. The van der Waals surface area contributed by atoms with E-state index < -0.39 is 0 Å². The Kier molecular flexibility index (Phi) is 2.89. The second-order valence-corrected chi connectivity index (χ2v) is 9.00. The summed E-state index contributed by atoms with van der Waals surface area (Å²) in [7, 11) is 0. The third kappa shape index (κ3) is 1.99. The minimum atomic E-state index is -0.277. The maximum absolute atomic E-state index is 11.1. The zero-order valence-corrected chi connectivity index (χ0v) is 13.7. The molecule has 3 atom stereocenters. The summed E-state index contributed by atoms with van der Waals surface area (Å²) in [6.07, 6.45) is 7.67. The highest BCUT2D eigenvalue weighted by atomic mass is 79.9. The van der Waals surface area contributed by atoms with Crippen molar-refractivity contribution in [3.05, 3.63) is 34.3 Å². The lowest BCUT2D eigenvalue weighted by atomic mass is 9.43. The molecule has 2 heteroatoms. The number of hydrogen-bond acceptors (Lipinski definition) is 1. The molecule has 0 radical (unpaired) electrons. The molecule has 4 saturated carbocycles. The minimum Gasteiger partial charge on any atom is -0.388 e. The fourth-order valence-electron chi connectivity index (χ4n) is 6.12. The fourth-order valence-corrected chi connectivity index (χ4v) is 6.38. The molecule has 4 aliphatic rings. The Hall–Kier alpha value is -0.340. The SMILES string of the molecule is CC12CC3CC(C1)CC(C(O)c1ccc(Br)cc1)(C3)C2. The molecule has 5 rings (SSSR count). The number of aliphatic hydroxyl groups is 1. The molecule has 1 N–H and O–H groups in total. The summed E-state index contributed by atoms with van der Waals surface area (Å²) in [4.78, 5) is 0. The molecule has 1 aromatic rings. The summed E-state index contributed by atoms with van der Waals surface area (Å²) >= 11 is 3.49. The molecule has 0 aliphatic heterocycles. The Morgan fingerprint density at radius 1 is 1.10 bits per heavy atom. The molecular weight excluding hydrogens is 312 g/mol. The number of aliphatic hydroxyl groups excluding tert-OH is 1. The molecule has 0 amide bonds. The van der Waals surface area contributed by atoms with Crippen LogP contribution in [0.5, 0.6) is 0 Å². The molecule has 0 spiro atoms. The van der Waals surface area contributed by atoms with Gasteiger partial charge in [-0.15, -0.1) is 0 Å². The fraction of sp³-hybridized carbons (Fsp3) is 0.667. The van der Waals surface area contributed by atoms with E-state index >= 15 is 0 Å². The first kappa shape index (κ1) is 13.3. The van der Waals surface area contributed by atoms with Gasteiger partial charge in [0.15, 0.2) is 0 Å². The second kappa shape index (κ2) is 4.33. The zero-order valence-electron chi connectivity index (χ0n) is 12.1. The first-order valence-corrected chi connectivity index (χ1v) is 8.71. The molecule has 0 aromatic heterocycles. The van der Waals surface area contributed by atoms with Gasteiger partial charge in [-0.1, -0.05) is 35.0 Å². The van der Waals surface area contributed by atoms with Crippen molar-refractivity contribution in [2.24, 2.45) is 22.7 Å². The van der Waals surface area contributed by atoms with Gasteiger partial charge in [0.05, 0.1) is 6.10 Å². The number of rotatable bonds is 2. The van der Waals surface area contributed by atoms with Gasteiger partial charge in [-0.25, -0.2) is 0 Å². The van der Waals surface area contributed by atoms with Crippen molar-refractivity contribution in [2.45, 2.75) is 51.6 Å². The van der Waals surface area contributed by atoms with Crippen LogP contribution in [-0.4, -0.2) is 5.11 Å². The lowest BCUT2D eigenvalue weighted by Crippen LogP contribution is -2.53. The van der Waals surface area contributed by atoms with Crippen LogP contribution in [0.2, 0.25) is 0 Å². The normalized spacial score (nSPS) is 43.8. The van der Waals surface area contributed by atoms with E-state index in [0.29, 0.717) is 5.41 Å². The van der Waals surface area contributed by atoms with Crippen molar-refractivity contribution < 1.29 is 5.11 Å². The first-order chi connectivity index (χ1) is 9.48. The van der Waals surface area contributed by atoms with Crippen LogP contribution in [0, 0.1) is 22.7 Å². The van der Waals surface area contributed by atoms with Crippen LogP contribution < -0.4 is 0 Å². The van der Waals surface area contributed by atoms with E-state index in [4.69, 9.17) is 0 Å². The lowest BCUT2D eigenvalue weighted by Gasteiger charge is -2.62. The third-order valence-corrected chi connectivity index (χ3v) is 6.69. The van der Waals surface area contributed by atoms with Crippen molar-refractivity contribution >= 4 is 15.9 Å². The van der Waals surface area contributed by atoms with Gasteiger partial charge in [-0.05, 0) is 73.5 Å². The second-order valence-electron chi connectivity index (χ2n) is 8.09. The van der Waals surface area contributed by atoms with E-state index in [1.54, 1.807) is 0 Å². The minimum absolute atomic E-state index is 0.159.